The molecule has 1 atom stereocenters. The average Bonchev–Trinajstić information content (AvgIpc) is 2.73. The topological polar surface area (TPSA) is 84.9 Å². The highest BCUT2D eigenvalue weighted by Gasteiger charge is 2.27. The second kappa shape index (κ2) is 10.0. The van der Waals surface area contributed by atoms with Gasteiger partial charge in [0.1, 0.15) is 17.6 Å². The van der Waals surface area contributed by atoms with Crippen molar-refractivity contribution < 1.29 is 22.7 Å². The molecule has 0 aliphatic carbocycles. The summed E-state index contributed by atoms with van der Waals surface area (Å²) in [6, 6.07) is 11.4. The van der Waals surface area contributed by atoms with Gasteiger partial charge in [-0.25, -0.2) is 8.42 Å². The smallest absolute Gasteiger partial charge is 0.261 e. The molecule has 1 aliphatic heterocycles. The number of hydrogen-bond acceptors (Lipinski definition) is 5. The van der Waals surface area contributed by atoms with Crippen molar-refractivity contribution in [3.8, 4) is 11.5 Å². The van der Waals surface area contributed by atoms with Gasteiger partial charge in [0.2, 0.25) is 5.91 Å². The maximum Gasteiger partial charge on any atom is 0.261 e. The number of nitrogens with one attached hydrogen (secondary N) is 1. The average molecular weight is 447 g/mol. The quantitative estimate of drug-likeness (QED) is 0.570. The van der Waals surface area contributed by atoms with Gasteiger partial charge in [-0.15, -0.1) is 0 Å². The van der Waals surface area contributed by atoms with Crippen molar-refractivity contribution in [1.82, 2.24) is 0 Å². The number of carbonyl (C=O) groups excluding carboxylic acids is 1. The molecule has 1 unspecified atom stereocenters. The number of fused-ring (bicyclic) bond motifs is 1. The van der Waals surface area contributed by atoms with Gasteiger partial charge in [-0.05, 0) is 55.8 Å². The summed E-state index contributed by atoms with van der Waals surface area (Å²) in [7, 11) is -3.83. The molecule has 3 rings (SSSR count). The number of hydrogen-bond donors (Lipinski definition) is 1. The van der Waals surface area contributed by atoms with E-state index in [-0.39, 0.29) is 16.9 Å². The van der Waals surface area contributed by atoms with Gasteiger partial charge in [0.05, 0.1) is 23.7 Å². The predicted molar refractivity (Wildman–Crippen MR) is 121 cm³/mol. The van der Waals surface area contributed by atoms with Crippen molar-refractivity contribution in [2.24, 2.45) is 0 Å². The summed E-state index contributed by atoms with van der Waals surface area (Å²) in [5, 5.41) is 0. The van der Waals surface area contributed by atoms with Gasteiger partial charge in [0.15, 0.2) is 0 Å². The lowest BCUT2D eigenvalue weighted by Gasteiger charge is -2.33. The van der Waals surface area contributed by atoms with Gasteiger partial charge in [-0.3, -0.25) is 9.52 Å². The molecule has 0 spiro atoms. The summed E-state index contributed by atoms with van der Waals surface area (Å²) in [5.74, 6) is 1.04. The SMILES string of the molecule is CCCCCCOc1ccc(NS(=O)(=O)c2ccc3c(c2)N(C(C)=O)CC(C)O3)cc1. The van der Waals surface area contributed by atoms with E-state index in [1.165, 1.54) is 36.8 Å². The fourth-order valence-electron chi connectivity index (χ4n) is 3.43. The molecule has 31 heavy (non-hydrogen) atoms. The molecule has 0 saturated carbocycles. The lowest BCUT2D eigenvalue weighted by molar-refractivity contribution is -0.117. The Bertz CT molecular complexity index is 1010. The van der Waals surface area contributed by atoms with E-state index in [1.807, 2.05) is 6.92 Å². The van der Waals surface area contributed by atoms with Crippen molar-refractivity contribution >= 4 is 27.3 Å². The van der Waals surface area contributed by atoms with Crippen LogP contribution in [0.2, 0.25) is 0 Å². The standard InChI is InChI=1S/C23H30N2O5S/c1-4-5-6-7-14-29-20-10-8-19(9-11-20)24-31(27,28)21-12-13-23-22(15-21)25(18(3)26)16-17(2)30-23/h8-13,15,17,24H,4-7,14,16H2,1-3H3. The Morgan fingerprint density at radius 2 is 1.90 bits per heavy atom. The molecule has 8 heteroatoms. The van der Waals surface area contributed by atoms with E-state index in [0.29, 0.717) is 36.0 Å². The van der Waals surface area contributed by atoms with Crippen LogP contribution in [0.1, 0.15) is 46.5 Å². The van der Waals surface area contributed by atoms with Crippen LogP contribution in [0.3, 0.4) is 0 Å². The van der Waals surface area contributed by atoms with Crippen LogP contribution in [0.4, 0.5) is 11.4 Å². The van der Waals surface area contributed by atoms with Crippen LogP contribution in [0, 0.1) is 0 Å². The number of carbonyl (C=O) groups is 1. The number of anilines is 2. The fourth-order valence-corrected chi connectivity index (χ4v) is 4.51. The van der Waals surface area contributed by atoms with Crippen LogP contribution in [0.5, 0.6) is 11.5 Å². The molecule has 2 aromatic rings. The first-order valence-corrected chi connectivity index (χ1v) is 12.1. The van der Waals surface area contributed by atoms with Crippen molar-refractivity contribution in [3.63, 3.8) is 0 Å². The molecular formula is C23H30N2O5S. The third kappa shape index (κ3) is 5.91. The first kappa shape index (κ1) is 22.9. The van der Waals surface area contributed by atoms with Crippen molar-refractivity contribution in [2.45, 2.75) is 57.5 Å². The summed E-state index contributed by atoms with van der Waals surface area (Å²) in [5.41, 5.74) is 0.893. The van der Waals surface area contributed by atoms with E-state index in [1.54, 1.807) is 30.3 Å². The van der Waals surface area contributed by atoms with Gasteiger partial charge in [-0.2, -0.15) is 0 Å². The van der Waals surface area contributed by atoms with Crippen molar-refractivity contribution in [1.29, 1.82) is 0 Å². The van der Waals surface area contributed by atoms with Crippen molar-refractivity contribution in [3.05, 3.63) is 42.5 Å². The summed E-state index contributed by atoms with van der Waals surface area (Å²) >= 11 is 0. The van der Waals surface area contributed by atoms with Gasteiger partial charge in [-0.1, -0.05) is 26.2 Å². The molecule has 2 aromatic carbocycles. The van der Waals surface area contributed by atoms with Crippen LogP contribution >= 0.6 is 0 Å². The highest BCUT2D eigenvalue weighted by molar-refractivity contribution is 7.92. The molecule has 7 nitrogen and oxygen atoms in total. The zero-order valence-corrected chi connectivity index (χ0v) is 19.1. The molecule has 0 fully saturated rings. The third-order valence-electron chi connectivity index (χ3n) is 5.05. The van der Waals surface area contributed by atoms with E-state index in [2.05, 4.69) is 11.6 Å². The first-order valence-electron chi connectivity index (χ1n) is 10.6. The molecule has 1 heterocycles. The van der Waals surface area contributed by atoms with Crippen LogP contribution in [0.15, 0.2) is 47.4 Å². The van der Waals surface area contributed by atoms with Crippen LogP contribution < -0.4 is 19.1 Å². The molecule has 1 aliphatic rings. The van der Waals surface area contributed by atoms with Gasteiger partial charge < -0.3 is 14.4 Å². The molecular weight excluding hydrogens is 416 g/mol. The van der Waals surface area contributed by atoms with Crippen LogP contribution in [-0.4, -0.2) is 33.6 Å². The summed E-state index contributed by atoms with van der Waals surface area (Å²) in [6.07, 6.45) is 4.35. The molecule has 0 aromatic heterocycles. The zero-order chi connectivity index (χ0) is 22.4. The number of amides is 1. The number of nitrogens with zero attached hydrogens (tertiary/aromatic N) is 1. The van der Waals surface area contributed by atoms with E-state index in [9.17, 15) is 13.2 Å². The lowest BCUT2D eigenvalue weighted by Crippen LogP contribution is -2.41. The molecule has 0 saturated heterocycles. The Hall–Kier alpha value is -2.74. The second-order valence-electron chi connectivity index (χ2n) is 7.73. The first-order chi connectivity index (χ1) is 14.8. The summed E-state index contributed by atoms with van der Waals surface area (Å²) < 4.78 is 39.8. The predicted octanol–water partition coefficient (Wildman–Crippen LogP) is 4.58. The fraction of sp³-hybridized carbons (Fsp3) is 0.435. The van der Waals surface area contributed by atoms with Crippen molar-refractivity contribution in [2.75, 3.05) is 22.8 Å². The number of rotatable bonds is 9. The minimum atomic E-state index is -3.83. The number of benzene rings is 2. The third-order valence-corrected chi connectivity index (χ3v) is 6.43. The van der Waals surface area contributed by atoms with E-state index < -0.39 is 10.0 Å². The molecule has 1 amide bonds. The van der Waals surface area contributed by atoms with E-state index in [0.717, 1.165) is 12.8 Å². The Labute approximate surface area is 184 Å². The van der Waals surface area contributed by atoms with E-state index >= 15 is 0 Å². The molecule has 1 N–H and O–H groups in total. The zero-order valence-electron chi connectivity index (χ0n) is 18.3. The number of unbranched alkanes of at least 4 members (excludes halogenated alkanes) is 3. The highest BCUT2D eigenvalue weighted by Crippen LogP contribution is 2.36. The molecule has 0 radical (unpaired) electrons. The Balaban J connectivity index is 1.70. The minimum Gasteiger partial charge on any atom is -0.494 e. The monoisotopic (exact) mass is 446 g/mol. The maximum absolute atomic E-state index is 12.9. The normalized spacial score (nSPS) is 15.7. The number of sulfonamides is 1. The summed E-state index contributed by atoms with van der Waals surface area (Å²) in [6.45, 7) is 6.50. The maximum atomic E-state index is 12.9. The van der Waals surface area contributed by atoms with Gasteiger partial charge >= 0.3 is 0 Å². The Morgan fingerprint density at radius 1 is 1.16 bits per heavy atom. The number of ether oxygens (including phenoxy) is 2. The second-order valence-corrected chi connectivity index (χ2v) is 9.41. The Morgan fingerprint density at radius 3 is 2.58 bits per heavy atom. The van der Waals surface area contributed by atoms with Gasteiger partial charge in [0.25, 0.3) is 10.0 Å². The van der Waals surface area contributed by atoms with Crippen LogP contribution in [-0.2, 0) is 14.8 Å². The highest BCUT2D eigenvalue weighted by atomic mass is 32.2. The largest absolute Gasteiger partial charge is 0.494 e. The van der Waals surface area contributed by atoms with Crippen LogP contribution in [0.25, 0.3) is 0 Å². The minimum absolute atomic E-state index is 0.0619. The van der Waals surface area contributed by atoms with Gasteiger partial charge in [0, 0.05) is 12.6 Å². The Kier molecular flexibility index (Phi) is 7.43. The summed E-state index contributed by atoms with van der Waals surface area (Å²) in [4.78, 5) is 13.6. The molecule has 168 valence electrons. The van der Waals surface area contributed by atoms with E-state index in [4.69, 9.17) is 9.47 Å². The molecule has 0 bridgehead atoms. The lowest BCUT2D eigenvalue weighted by atomic mass is 10.2.